The third kappa shape index (κ3) is 4.86. The maximum absolute atomic E-state index is 6.07. The number of thiazole rings is 1. The Kier molecular flexibility index (Phi) is 6.08. The van der Waals surface area contributed by atoms with Gasteiger partial charge >= 0.3 is 0 Å². The smallest absolute Gasteiger partial charge is 0.203 e. The second-order valence-electron chi connectivity index (χ2n) is 6.19. The zero-order valence-electron chi connectivity index (χ0n) is 15.9. The van der Waals surface area contributed by atoms with E-state index in [1.807, 2.05) is 44.2 Å². The Morgan fingerprint density at radius 1 is 1.15 bits per heavy atom. The number of rotatable bonds is 7. The number of nitrogens with zero attached hydrogens (tertiary/aromatic N) is 2. The number of aromatic nitrogens is 1. The van der Waals surface area contributed by atoms with E-state index < -0.39 is 0 Å². The van der Waals surface area contributed by atoms with Crippen LogP contribution in [-0.2, 0) is 6.61 Å². The van der Waals surface area contributed by atoms with Crippen LogP contribution in [0.2, 0.25) is 0 Å². The van der Waals surface area contributed by atoms with Crippen molar-refractivity contribution in [3.05, 3.63) is 69.7 Å². The fraction of sp³-hybridized carbons (Fsp3) is 0.238. The van der Waals surface area contributed by atoms with Crippen molar-refractivity contribution in [2.75, 3.05) is 12.5 Å². The maximum Gasteiger partial charge on any atom is 0.203 e. The summed E-state index contributed by atoms with van der Waals surface area (Å²) in [5, 5.41) is 5.08. The van der Waals surface area contributed by atoms with Gasteiger partial charge in [0.15, 0.2) is 11.5 Å². The number of aryl methyl sites for hydroxylation is 3. The summed E-state index contributed by atoms with van der Waals surface area (Å²) in [5.41, 5.74) is 7.14. The molecule has 5 nitrogen and oxygen atoms in total. The minimum atomic E-state index is 0.460. The zero-order chi connectivity index (χ0) is 19.2. The second-order valence-corrected chi connectivity index (χ2v) is 7.39. The number of anilines is 1. The van der Waals surface area contributed by atoms with Crippen LogP contribution >= 0.6 is 11.3 Å². The molecule has 0 spiro atoms. The first kappa shape index (κ1) is 18.9. The molecule has 0 radical (unpaired) electrons. The van der Waals surface area contributed by atoms with Gasteiger partial charge in [0.25, 0.3) is 0 Å². The molecule has 1 aromatic heterocycles. The lowest BCUT2D eigenvalue weighted by Crippen LogP contribution is -2.01. The molecule has 0 aliphatic carbocycles. The quantitative estimate of drug-likeness (QED) is 0.457. The van der Waals surface area contributed by atoms with Crippen molar-refractivity contribution in [3.63, 3.8) is 0 Å². The van der Waals surface area contributed by atoms with Crippen molar-refractivity contribution in [2.45, 2.75) is 27.4 Å². The predicted molar refractivity (Wildman–Crippen MR) is 111 cm³/mol. The standard InChI is InChI=1S/C21H23N3O2S/c1-14-7-5-8-17(11-14)13-26-20-18(9-6-10-19(20)25-4)12-22-24-21-23-15(2)16(3)27-21/h5-12H,13H2,1-4H3,(H,23,24)/b22-12-. The van der Waals surface area contributed by atoms with Gasteiger partial charge in [-0.2, -0.15) is 5.10 Å². The monoisotopic (exact) mass is 381 g/mol. The SMILES string of the molecule is COc1cccc(/C=N\Nc2nc(C)c(C)s2)c1OCc1cccc(C)c1. The summed E-state index contributed by atoms with van der Waals surface area (Å²) < 4.78 is 11.5. The van der Waals surface area contributed by atoms with Crippen LogP contribution < -0.4 is 14.9 Å². The van der Waals surface area contributed by atoms with Gasteiger partial charge in [-0.05, 0) is 38.5 Å². The average molecular weight is 382 g/mol. The third-order valence-electron chi connectivity index (χ3n) is 4.09. The van der Waals surface area contributed by atoms with Crippen molar-refractivity contribution in [1.29, 1.82) is 0 Å². The van der Waals surface area contributed by atoms with E-state index in [1.165, 1.54) is 10.4 Å². The van der Waals surface area contributed by atoms with E-state index in [-0.39, 0.29) is 0 Å². The zero-order valence-corrected chi connectivity index (χ0v) is 16.8. The highest BCUT2D eigenvalue weighted by atomic mass is 32.1. The fourth-order valence-electron chi connectivity index (χ4n) is 2.58. The summed E-state index contributed by atoms with van der Waals surface area (Å²) in [6.07, 6.45) is 1.72. The van der Waals surface area contributed by atoms with Gasteiger partial charge in [-0.3, -0.25) is 5.43 Å². The van der Waals surface area contributed by atoms with Crippen LogP contribution in [0.3, 0.4) is 0 Å². The topological polar surface area (TPSA) is 55.7 Å². The van der Waals surface area contributed by atoms with Crippen LogP contribution in [0.25, 0.3) is 0 Å². The Labute approximate surface area is 163 Å². The Bertz CT molecular complexity index is 931. The Morgan fingerprint density at radius 2 is 1.96 bits per heavy atom. The summed E-state index contributed by atoms with van der Waals surface area (Å²) in [6.45, 7) is 6.56. The van der Waals surface area contributed by atoms with Crippen molar-refractivity contribution < 1.29 is 9.47 Å². The number of hydrazone groups is 1. The largest absolute Gasteiger partial charge is 0.493 e. The number of hydrogen-bond acceptors (Lipinski definition) is 6. The van der Waals surface area contributed by atoms with Crippen molar-refractivity contribution in [2.24, 2.45) is 5.10 Å². The lowest BCUT2D eigenvalue weighted by Gasteiger charge is -2.13. The summed E-state index contributed by atoms with van der Waals surface area (Å²) >= 11 is 1.58. The lowest BCUT2D eigenvalue weighted by molar-refractivity contribution is 0.284. The third-order valence-corrected chi connectivity index (χ3v) is 5.06. The molecule has 0 fully saturated rings. The molecule has 0 saturated heterocycles. The van der Waals surface area contributed by atoms with Crippen LogP contribution in [0.15, 0.2) is 47.6 Å². The molecule has 3 aromatic rings. The van der Waals surface area contributed by atoms with E-state index in [4.69, 9.17) is 9.47 Å². The number of benzene rings is 2. The number of hydrogen-bond donors (Lipinski definition) is 1. The number of methoxy groups -OCH3 is 1. The molecule has 0 atom stereocenters. The first-order valence-corrected chi connectivity index (χ1v) is 9.47. The first-order valence-electron chi connectivity index (χ1n) is 8.65. The minimum absolute atomic E-state index is 0.460. The highest BCUT2D eigenvalue weighted by molar-refractivity contribution is 7.15. The summed E-state index contributed by atoms with van der Waals surface area (Å²) in [7, 11) is 1.63. The molecule has 0 unspecified atom stereocenters. The van der Waals surface area contributed by atoms with Crippen LogP contribution in [0.5, 0.6) is 11.5 Å². The van der Waals surface area contributed by atoms with E-state index in [9.17, 15) is 0 Å². The minimum Gasteiger partial charge on any atom is -0.493 e. The van der Waals surface area contributed by atoms with E-state index in [0.29, 0.717) is 18.1 Å². The van der Waals surface area contributed by atoms with Gasteiger partial charge < -0.3 is 9.47 Å². The van der Waals surface area contributed by atoms with E-state index in [2.05, 4.69) is 34.6 Å². The number of para-hydroxylation sites is 1. The molecule has 0 amide bonds. The molecule has 3 rings (SSSR count). The molecule has 0 aliphatic heterocycles. The normalized spacial score (nSPS) is 11.0. The molecule has 2 aromatic carbocycles. The van der Waals surface area contributed by atoms with Gasteiger partial charge in [0.05, 0.1) is 19.0 Å². The highest BCUT2D eigenvalue weighted by Gasteiger charge is 2.10. The van der Waals surface area contributed by atoms with Gasteiger partial charge in [-0.25, -0.2) is 4.98 Å². The van der Waals surface area contributed by atoms with Crippen molar-refractivity contribution in [1.82, 2.24) is 4.98 Å². The molecule has 140 valence electrons. The number of nitrogens with one attached hydrogen (secondary N) is 1. The molecule has 1 heterocycles. The van der Waals surface area contributed by atoms with Gasteiger partial charge in [0.2, 0.25) is 5.13 Å². The summed E-state index contributed by atoms with van der Waals surface area (Å²) in [6, 6.07) is 14.0. The lowest BCUT2D eigenvalue weighted by atomic mass is 10.1. The molecular formula is C21H23N3O2S. The first-order chi connectivity index (χ1) is 13.1. The van der Waals surface area contributed by atoms with Gasteiger partial charge in [0.1, 0.15) is 6.61 Å². The molecule has 27 heavy (non-hydrogen) atoms. The number of ether oxygens (including phenoxy) is 2. The molecular weight excluding hydrogens is 358 g/mol. The molecule has 0 bridgehead atoms. The molecule has 6 heteroatoms. The fourth-order valence-corrected chi connectivity index (χ4v) is 3.35. The highest BCUT2D eigenvalue weighted by Crippen LogP contribution is 2.31. The second kappa shape index (κ2) is 8.68. The van der Waals surface area contributed by atoms with E-state index >= 15 is 0 Å². The van der Waals surface area contributed by atoms with E-state index in [0.717, 1.165) is 22.0 Å². The van der Waals surface area contributed by atoms with Crippen molar-refractivity contribution >= 4 is 22.7 Å². The van der Waals surface area contributed by atoms with Crippen molar-refractivity contribution in [3.8, 4) is 11.5 Å². The van der Waals surface area contributed by atoms with Crippen LogP contribution in [0, 0.1) is 20.8 Å². The Hall–Kier alpha value is -2.86. The average Bonchev–Trinajstić information content (AvgIpc) is 2.98. The van der Waals surface area contributed by atoms with Crippen LogP contribution in [-0.4, -0.2) is 18.3 Å². The van der Waals surface area contributed by atoms with Gasteiger partial charge in [-0.15, -0.1) is 11.3 Å². The summed E-state index contributed by atoms with van der Waals surface area (Å²) in [4.78, 5) is 5.60. The Balaban J connectivity index is 1.77. The molecule has 0 saturated carbocycles. The molecule has 0 aliphatic rings. The Morgan fingerprint density at radius 3 is 2.67 bits per heavy atom. The van der Waals surface area contributed by atoms with E-state index in [1.54, 1.807) is 24.7 Å². The van der Waals surface area contributed by atoms with Crippen LogP contribution in [0.1, 0.15) is 27.3 Å². The maximum atomic E-state index is 6.07. The van der Waals surface area contributed by atoms with Gasteiger partial charge in [0, 0.05) is 10.4 Å². The predicted octanol–water partition coefficient (Wildman–Crippen LogP) is 5.10. The summed E-state index contributed by atoms with van der Waals surface area (Å²) in [5.74, 6) is 1.34. The van der Waals surface area contributed by atoms with Gasteiger partial charge in [-0.1, -0.05) is 35.9 Å². The van der Waals surface area contributed by atoms with Crippen LogP contribution in [0.4, 0.5) is 5.13 Å². The molecule has 1 N–H and O–H groups in total.